The van der Waals surface area contributed by atoms with Crippen molar-refractivity contribution in [3.63, 3.8) is 0 Å². The predicted molar refractivity (Wildman–Crippen MR) is 70.1 cm³/mol. The minimum Gasteiger partial charge on any atom is -0.292 e. The van der Waals surface area contributed by atoms with E-state index in [0.29, 0.717) is 18.5 Å². The summed E-state index contributed by atoms with van der Waals surface area (Å²) >= 11 is 0. The Bertz CT molecular complexity index is 548. The van der Waals surface area contributed by atoms with E-state index in [9.17, 15) is 13.2 Å². The van der Waals surface area contributed by atoms with Gasteiger partial charge in [-0.2, -0.15) is 4.31 Å². The number of rotatable bonds is 3. The third-order valence-electron chi connectivity index (χ3n) is 3.27. The average molecular weight is 267 g/mol. The lowest BCUT2D eigenvalue weighted by atomic mass is 10.0. The molecule has 0 aromatic heterocycles. The maximum absolute atomic E-state index is 12.3. The van der Waals surface area contributed by atoms with Gasteiger partial charge in [-0.25, -0.2) is 8.42 Å². The molecule has 18 heavy (non-hydrogen) atoms. The van der Waals surface area contributed by atoms with Gasteiger partial charge in [-0.15, -0.1) is 0 Å². The molecular weight excluding hydrogens is 250 g/mol. The molecule has 1 aliphatic heterocycles. The minimum absolute atomic E-state index is 0.0991. The lowest BCUT2D eigenvalue weighted by Gasteiger charge is -2.20. The van der Waals surface area contributed by atoms with Crippen LogP contribution in [-0.2, 0) is 10.0 Å². The van der Waals surface area contributed by atoms with Crippen LogP contribution in [0.2, 0.25) is 0 Å². The number of Topliss-reactive ketones (excluding diaryl/α,β-unsaturated/α-hetero) is 1. The molecule has 1 unspecified atom stereocenters. The van der Waals surface area contributed by atoms with Crippen molar-refractivity contribution in [1.29, 1.82) is 0 Å². The molecule has 1 saturated heterocycles. The highest BCUT2D eigenvalue weighted by atomic mass is 32.2. The second kappa shape index (κ2) is 4.82. The summed E-state index contributed by atoms with van der Waals surface area (Å²) in [6, 6.07) is 6.73. The van der Waals surface area contributed by atoms with Gasteiger partial charge < -0.3 is 0 Å². The second-order valence-corrected chi connectivity index (χ2v) is 6.70. The van der Waals surface area contributed by atoms with Crippen LogP contribution in [0.1, 0.15) is 28.8 Å². The Kier molecular flexibility index (Phi) is 3.54. The first-order valence-electron chi connectivity index (χ1n) is 5.97. The van der Waals surface area contributed by atoms with Gasteiger partial charge in [0.05, 0.1) is 12.3 Å². The molecule has 0 amide bonds. The molecule has 0 bridgehead atoms. The van der Waals surface area contributed by atoms with Gasteiger partial charge in [-0.05, 0) is 19.8 Å². The summed E-state index contributed by atoms with van der Waals surface area (Å²) in [7, 11) is -3.30. The molecule has 1 fully saturated rings. The number of hydrogen-bond acceptors (Lipinski definition) is 3. The van der Waals surface area contributed by atoms with Crippen LogP contribution in [0.5, 0.6) is 0 Å². The van der Waals surface area contributed by atoms with Crippen LogP contribution in [0.25, 0.3) is 0 Å². The first-order chi connectivity index (χ1) is 8.39. The first-order valence-corrected chi connectivity index (χ1v) is 7.82. The van der Waals surface area contributed by atoms with Crippen molar-refractivity contribution in [3.05, 3.63) is 35.4 Å². The highest BCUT2D eigenvalue weighted by Crippen LogP contribution is 2.23. The highest BCUT2D eigenvalue weighted by molar-refractivity contribution is 7.88. The van der Waals surface area contributed by atoms with E-state index in [2.05, 4.69) is 0 Å². The monoisotopic (exact) mass is 267 g/mol. The molecule has 1 aromatic carbocycles. The Hall–Kier alpha value is -1.20. The second-order valence-electron chi connectivity index (χ2n) is 4.76. The van der Waals surface area contributed by atoms with Crippen LogP contribution in [0.4, 0.5) is 0 Å². The molecule has 1 heterocycles. The molecule has 2 rings (SSSR count). The average Bonchev–Trinajstić information content (AvgIpc) is 2.77. The molecule has 1 aliphatic rings. The Balaban J connectivity index is 2.26. The molecule has 1 atom stereocenters. The standard InChI is InChI=1S/C13H17NO3S/c1-10-5-7-11(8-6-10)13(15)12-4-3-9-14(12)18(2,16)17/h5-8,12H,3-4,9H2,1-2H3. The van der Waals surface area contributed by atoms with Gasteiger partial charge >= 0.3 is 0 Å². The summed E-state index contributed by atoms with van der Waals surface area (Å²) in [5, 5.41) is 0. The summed E-state index contributed by atoms with van der Waals surface area (Å²) in [4.78, 5) is 12.3. The van der Waals surface area contributed by atoms with Crippen LogP contribution >= 0.6 is 0 Å². The topological polar surface area (TPSA) is 54.5 Å². The van der Waals surface area contributed by atoms with E-state index < -0.39 is 16.1 Å². The van der Waals surface area contributed by atoms with Gasteiger partial charge in [0, 0.05) is 12.1 Å². The molecule has 0 spiro atoms. The van der Waals surface area contributed by atoms with E-state index in [-0.39, 0.29) is 5.78 Å². The summed E-state index contributed by atoms with van der Waals surface area (Å²) in [5.41, 5.74) is 1.67. The van der Waals surface area contributed by atoms with Gasteiger partial charge in [0.25, 0.3) is 0 Å². The molecule has 0 N–H and O–H groups in total. The van der Waals surface area contributed by atoms with Crippen LogP contribution in [-0.4, -0.2) is 37.3 Å². The van der Waals surface area contributed by atoms with Crippen molar-refractivity contribution < 1.29 is 13.2 Å². The summed E-state index contributed by atoms with van der Waals surface area (Å²) in [6.45, 7) is 2.40. The third-order valence-corrected chi connectivity index (χ3v) is 4.56. The first kappa shape index (κ1) is 13.2. The molecular formula is C13H17NO3S. The number of sulfonamides is 1. The van der Waals surface area contributed by atoms with Gasteiger partial charge in [0.2, 0.25) is 10.0 Å². The highest BCUT2D eigenvalue weighted by Gasteiger charge is 2.36. The van der Waals surface area contributed by atoms with Crippen molar-refractivity contribution in [3.8, 4) is 0 Å². The number of aryl methyl sites for hydroxylation is 1. The lowest BCUT2D eigenvalue weighted by molar-refractivity contribution is 0.0918. The van der Waals surface area contributed by atoms with Crippen molar-refractivity contribution in [2.45, 2.75) is 25.8 Å². The Morgan fingerprint density at radius 3 is 2.44 bits per heavy atom. The van der Waals surface area contributed by atoms with Gasteiger partial charge in [-0.1, -0.05) is 29.8 Å². The number of carbonyl (C=O) groups is 1. The molecule has 5 heteroatoms. The van der Waals surface area contributed by atoms with Crippen LogP contribution in [0, 0.1) is 6.92 Å². The lowest BCUT2D eigenvalue weighted by Crippen LogP contribution is -2.39. The molecule has 0 radical (unpaired) electrons. The van der Waals surface area contributed by atoms with E-state index in [1.807, 2.05) is 19.1 Å². The molecule has 4 nitrogen and oxygen atoms in total. The number of ketones is 1. The van der Waals surface area contributed by atoms with E-state index in [1.165, 1.54) is 4.31 Å². The van der Waals surface area contributed by atoms with Crippen molar-refractivity contribution >= 4 is 15.8 Å². The van der Waals surface area contributed by atoms with Crippen LogP contribution in [0.3, 0.4) is 0 Å². The van der Waals surface area contributed by atoms with Gasteiger partial charge in [0.15, 0.2) is 5.78 Å². The van der Waals surface area contributed by atoms with E-state index in [1.54, 1.807) is 12.1 Å². The number of benzene rings is 1. The largest absolute Gasteiger partial charge is 0.292 e. The smallest absolute Gasteiger partial charge is 0.211 e. The molecule has 0 saturated carbocycles. The number of hydrogen-bond donors (Lipinski definition) is 0. The fourth-order valence-corrected chi connectivity index (χ4v) is 3.43. The zero-order valence-electron chi connectivity index (χ0n) is 10.6. The zero-order valence-corrected chi connectivity index (χ0v) is 11.4. The van der Waals surface area contributed by atoms with Crippen LogP contribution in [0.15, 0.2) is 24.3 Å². The SMILES string of the molecule is Cc1ccc(C(=O)C2CCCN2S(C)(=O)=O)cc1. The summed E-state index contributed by atoms with van der Waals surface area (Å²) in [5.74, 6) is -0.0991. The predicted octanol–water partition coefficient (Wildman–Crippen LogP) is 1.60. The summed E-state index contributed by atoms with van der Waals surface area (Å²) in [6.07, 6.45) is 2.52. The summed E-state index contributed by atoms with van der Waals surface area (Å²) < 4.78 is 24.5. The van der Waals surface area contributed by atoms with Gasteiger partial charge in [0.1, 0.15) is 0 Å². The maximum Gasteiger partial charge on any atom is 0.211 e. The van der Waals surface area contributed by atoms with Crippen molar-refractivity contribution in [2.24, 2.45) is 0 Å². The third kappa shape index (κ3) is 2.62. The normalized spacial score (nSPS) is 21.1. The Morgan fingerprint density at radius 1 is 1.28 bits per heavy atom. The number of nitrogens with zero attached hydrogens (tertiary/aromatic N) is 1. The Labute approximate surface area is 108 Å². The van der Waals surface area contributed by atoms with E-state index >= 15 is 0 Å². The quantitative estimate of drug-likeness (QED) is 0.782. The van der Waals surface area contributed by atoms with E-state index in [0.717, 1.165) is 18.2 Å². The fraction of sp³-hybridized carbons (Fsp3) is 0.462. The van der Waals surface area contributed by atoms with Crippen molar-refractivity contribution in [1.82, 2.24) is 4.31 Å². The Morgan fingerprint density at radius 2 is 1.89 bits per heavy atom. The number of carbonyl (C=O) groups excluding carboxylic acids is 1. The zero-order chi connectivity index (χ0) is 13.3. The van der Waals surface area contributed by atoms with Crippen LogP contribution < -0.4 is 0 Å². The van der Waals surface area contributed by atoms with Gasteiger partial charge in [-0.3, -0.25) is 4.79 Å². The van der Waals surface area contributed by atoms with Crippen molar-refractivity contribution in [2.75, 3.05) is 12.8 Å². The van der Waals surface area contributed by atoms with E-state index in [4.69, 9.17) is 0 Å². The molecule has 1 aromatic rings. The maximum atomic E-state index is 12.3. The molecule has 0 aliphatic carbocycles. The molecule has 98 valence electrons. The fourth-order valence-electron chi connectivity index (χ4n) is 2.31. The minimum atomic E-state index is -3.30.